The molecule has 1 heterocycles. The average molecular weight is 337 g/mol. The van der Waals surface area contributed by atoms with E-state index in [1.807, 2.05) is 18.2 Å². The number of aliphatic hydroxyl groups excluding tert-OH is 1. The lowest BCUT2D eigenvalue weighted by molar-refractivity contribution is -0.128. The van der Waals surface area contributed by atoms with E-state index in [0.29, 0.717) is 19.5 Å². The van der Waals surface area contributed by atoms with Crippen molar-refractivity contribution in [2.75, 3.05) is 19.6 Å². The highest BCUT2D eigenvalue weighted by atomic mass is 35.5. The second-order valence-electron chi connectivity index (χ2n) is 6.78. The summed E-state index contributed by atoms with van der Waals surface area (Å²) in [5.41, 5.74) is 1.10. The molecule has 0 aromatic heterocycles. The highest BCUT2D eigenvalue weighted by Gasteiger charge is 2.36. The molecule has 4 nitrogen and oxygen atoms in total. The molecule has 0 spiro atoms. The molecule has 0 bridgehead atoms. The molecule has 1 aromatic carbocycles. The van der Waals surface area contributed by atoms with Crippen molar-refractivity contribution in [3.8, 4) is 0 Å². The molecule has 1 amide bonds. The Labute approximate surface area is 142 Å². The molecule has 126 valence electrons. The van der Waals surface area contributed by atoms with Gasteiger partial charge in [-0.05, 0) is 37.0 Å². The van der Waals surface area contributed by atoms with Gasteiger partial charge in [0, 0.05) is 36.6 Å². The van der Waals surface area contributed by atoms with E-state index >= 15 is 0 Å². The molecule has 2 fully saturated rings. The van der Waals surface area contributed by atoms with Crippen LogP contribution in [0.4, 0.5) is 0 Å². The number of carbonyl (C=O) groups is 1. The molecular weight excluding hydrogens is 312 g/mol. The van der Waals surface area contributed by atoms with Crippen LogP contribution in [0.1, 0.15) is 44.1 Å². The van der Waals surface area contributed by atoms with E-state index in [2.05, 4.69) is 11.4 Å². The Morgan fingerprint density at radius 3 is 2.74 bits per heavy atom. The van der Waals surface area contributed by atoms with Crippen LogP contribution in [-0.4, -0.2) is 41.7 Å². The normalized spacial score (nSPS) is 21.8. The smallest absolute Gasteiger partial charge is 0.222 e. The van der Waals surface area contributed by atoms with Gasteiger partial charge in [-0.3, -0.25) is 4.79 Å². The van der Waals surface area contributed by atoms with Gasteiger partial charge in [0.15, 0.2) is 0 Å². The molecule has 1 saturated heterocycles. The fourth-order valence-electron chi connectivity index (χ4n) is 3.86. The number of aliphatic hydroxyl groups is 1. The van der Waals surface area contributed by atoms with Crippen molar-refractivity contribution in [1.29, 1.82) is 0 Å². The predicted octanol–water partition coefficient (Wildman–Crippen LogP) is 2.68. The molecule has 0 radical (unpaired) electrons. The zero-order valence-corrected chi connectivity index (χ0v) is 14.2. The van der Waals surface area contributed by atoms with Crippen molar-refractivity contribution in [3.05, 3.63) is 34.9 Å². The summed E-state index contributed by atoms with van der Waals surface area (Å²) in [6.45, 7) is 1.70. The maximum absolute atomic E-state index is 11.7. The first-order chi connectivity index (χ1) is 11.1. The van der Waals surface area contributed by atoms with Crippen LogP contribution < -0.4 is 5.32 Å². The number of rotatable bonds is 6. The third-order valence-electron chi connectivity index (χ3n) is 5.11. The van der Waals surface area contributed by atoms with Crippen LogP contribution >= 0.6 is 11.6 Å². The first kappa shape index (κ1) is 16.7. The second kappa shape index (κ2) is 7.20. The molecule has 1 aliphatic heterocycles. The summed E-state index contributed by atoms with van der Waals surface area (Å²) in [7, 11) is 0. The monoisotopic (exact) mass is 336 g/mol. The maximum Gasteiger partial charge on any atom is 0.222 e. The number of amides is 1. The largest absolute Gasteiger partial charge is 0.390 e. The van der Waals surface area contributed by atoms with Crippen molar-refractivity contribution >= 4 is 17.5 Å². The van der Waals surface area contributed by atoms with Crippen LogP contribution in [0.5, 0.6) is 0 Å². The van der Waals surface area contributed by atoms with Gasteiger partial charge in [0.1, 0.15) is 0 Å². The summed E-state index contributed by atoms with van der Waals surface area (Å²) >= 11 is 6.16. The minimum Gasteiger partial charge on any atom is -0.390 e. The van der Waals surface area contributed by atoms with Crippen molar-refractivity contribution in [1.82, 2.24) is 10.2 Å². The van der Waals surface area contributed by atoms with Crippen molar-refractivity contribution in [2.45, 2.75) is 50.2 Å². The molecular formula is C18H25ClN2O2. The first-order valence-corrected chi connectivity index (χ1v) is 8.94. The molecule has 1 saturated carbocycles. The standard InChI is InChI=1S/C18H25ClN2O2/c19-15-6-3-5-14(11-15)18(8-1-2-9-18)20-12-16(22)13-21-10-4-7-17(21)23/h3,5-6,11,16,20,22H,1-2,4,7-10,12-13H2. The summed E-state index contributed by atoms with van der Waals surface area (Å²) in [4.78, 5) is 13.4. The van der Waals surface area contributed by atoms with Crippen LogP contribution in [0.15, 0.2) is 24.3 Å². The second-order valence-corrected chi connectivity index (χ2v) is 7.21. The third kappa shape index (κ3) is 3.87. The Balaban J connectivity index is 1.62. The van der Waals surface area contributed by atoms with Crippen molar-refractivity contribution in [2.24, 2.45) is 0 Å². The zero-order valence-electron chi connectivity index (χ0n) is 13.4. The van der Waals surface area contributed by atoms with Gasteiger partial charge in [-0.2, -0.15) is 0 Å². The number of β-amino-alcohol motifs (C(OH)–C–C–N with tert-alkyl or cyclic N) is 1. The number of hydrogen-bond donors (Lipinski definition) is 2. The molecule has 5 heteroatoms. The van der Waals surface area contributed by atoms with E-state index in [1.165, 1.54) is 18.4 Å². The summed E-state index contributed by atoms with van der Waals surface area (Å²) in [5.74, 6) is 0.162. The number of likely N-dealkylation sites (tertiary alicyclic amines) is 1. The molecule has 2 N–H and O–H groups in total. The molecule has 3 rings (SSSR count). The van der Waals surface area contributed by atoms with E-state index in [-0.39, 0.29) is 11.4 Å². The maximum atomic E-state index is 11.7. The Kier molecular flexibility index (Phi) is 5.24. The lowest BCUT2D eigenvalue weighted by Crippen LogP contribution is -2.46. The average Bonchev–Trinajstić information content (AvgIpc) is 3.16. The van der Waals surface area contributed by atoms with E-state index in [4.69, 9.17) is 11.6 Å². The lowest BCUT2D eigenvalue weighted by atomic mass is 9.88. The van der Waals surface area contributed by atoms with E-state index in [0.717, 1.165) is 30.8 Å². The minimum absolute atomic E-state index is 0.0963. The number of carbonyl (C=O) groups excluding carboxylic acids is 1. The topological polar surface area (TPSA) is 52.6 Å². The van der Waals surface area contributed by atoms with Crippen LogP contribution in [0.2, 0.25) is 5.02 Å². The van der Waals surface area contributed by atoms with Gasteiger partial charge in [0.05, 0.1) is 6.10 Å². The predicted molar refractivity (Wildman–Crippen MR) is 91.4 cm³/mol. The van der Waals surface area contributed by atoms with Crippen LogP contribution in [0.3, 0.4) is 0 Å². The highest BCUT2D eigenvalue weighted by Crippen LogP contribution is 2.39. The molecule has 1 aromatic rings. The van der Waals surface area contributed by atoms with Gasteiger partial charge < -0.3 is 15.3 Å². The Morgan fingerprint density at radius 1 is 1.30 bits per heavy atom. The molecule has 1 atom stereocenters. The van der Waals surface area contributed by atoms with Gasteiger partial charge >= 0.3 is 0 Å². The van der Waals surface area contributed by atoms with E-state index < -0.39 is 6.10 Å². The van der Waals surface area contributed by atoms with Gasteiger partial charge in [-0.1, -0.05) is 36.6 Å². The summed E-state index contributed by atoms with van der Waals surface area (Å²) in [6, 6.07) is 8.01. The number of halogens is 1. The summed E-state index contributed by atoms with van der Waals surface area (Å²) in [6.07, 6.45) is 5.47. The van der Waals surface area contributed by atoms with Crippen LogP contribution in [0, 0.1) is 0 Å². The summed E-state index contributed by atoms with van der Waals surface area (Å²) in [5, 5.41) is 14.7. The SMILES string of the molecule is O=C1CCCN1CC(O)CNC1(c2cccc(Cl)c2)CCCC1. The fourth-order valence-corrected chi connectivity index (χ4v) is 4.05. The number of nitrogens with zero attached hydrogens (tertiary/aromatic N) is 1. The van der Waals surface area contributed by atoms with Gasteiger partial charge in [-0.15, -0.1) is 0 Å². The fraction of sp³-hybridized carbons (Fsp3) is 0.611. The van der Waals surface area contributed by atoms with Gasteiger partial charge in [0.25, 0.3) is 0 Å². The molecule has 1 unspecified atom stereocenters. The highest BCUT2D eigenvalue weighted by molar-refractivity contribution is 6.30. The Hall–Kier alpha value is -1.10. The van der Waals surface area contributed by atoms with Gasteiger partial charge in [-0.25, -0.2) is 0 Å². The minimum atomic E-state index is -0.534. The van der Waals surface area contributed by atoms with E-state index in [1.54, 1.807) is 4.90 Å². The summed E-state index contributed by atoms with van der Waals surface area (Å²) < 4.78 is 0. The van der Waals surface area contributed by atoms with Gasteiger partial charge in [0.2, 0.25) is 5.91 Å². The Bertz CT molecular complexity index is 558. The zero-order chi connectivity index (χ0) is 16.3. The Morgan fingerprint density at radius 2 is 2.09 bits per heavy atom. The lowest BCUT2D eigenvalue weighted by Gasteiger charge is -2.33. The van der Waals surface area contributed by atoms with E-state index in [9.17, 15) is 9.90 Å². The number of benzene rings is 1. The number of nitrogens with one attached hydrogen (secondary N) is 1. The first-order valence-electron chi connectivity index (χ1n) is 8.56. The molecule has 2 aliphatic rings. The molecule has 1 aliphatic carbocycles. The van der Waals surface area contributed by atoms with Crippen molar-refractivity contribution in [3.63, 3.8) is 0 Å². The van der Waals surface area contributed by atoms with Crippen LogP contribution in [0.25, 0.3) is 0 Å². The van der Waals surface area contributed by atoms with Crippen LogP contribution in [-0.2, 0) is 10.3 Å². The van der Waals surface area contributed by atoms with Crippen molar-refractivity contribution < 1.29 is 9.90 Å². The molecule has 23 heavy (non-hydrogen) atoms. The quantitative estimate of drug-likeness (QED) is 0.839. The number of hydrogen-bond acceptors (Lipinski definition) is 3. The third-order valence-corrected chi connectivity index (χ3v) is 5.35.